The number of nitrogens with two attached hydrogens (primary N) is 1. The zero-order valence-corrected chi connectivity index (χ0v) is 13.8. The van der Waals surface area contributed by atoms with Gasteiger partial charge in [-0.1, -0.05) is 13.8 Å². The lowest BCUT2D eigenvalue weighted by Gasteiger charge is -2.20. The average molecular weight is 314 g/mol. The molecule has 0 heterocycles. The molecule has 0 aliphatic carbocycles. The maximum Gasteiger partial charge on any atom is 0.242 e. The SMILES string of the molecule is CCCN(CC)CCNc1ccc(N)cc1S(=O)(=O)NC. The Morgan fingerprint density at radius 2 is 1.95 bits per heavy atom. The van der Waals surface area contributed by atoms with E-state index in [9.17, 15) is 8.42 Å². The van der Waals surface area contributed by atoms with Crippen molar-refractivity contribution in [2.75, 3.05) is 44.3 Å². The van der Waals surface area contributed by atoms with Crippen LogP contribution < -0.4 is 15.8 Å². The highest BCUT2D eigenvalue weighted by atomic mass is 32.2. The highest BCUT2D eigenvalue weighted by molar-refractivity contribution is 7.89. The molecule has 0 saturated heterocycles. The summed E-state index contributed by atoms with van der Waals surface area (Å²) in [6, 6.07) is 4.87. The minimum absolute atomic E-state index is 0.184. The molecule has 0 fully saturated rings. The quantitative estimate of drug-likeness (QED) is 0.598. The van der Waals surface area contributed by atoms with Gasteiger partial charge in [0.2, 0.25) is 10.0 Å². The van der Waals surface area contributed by atoms with Crippen LogP contribution in [0.3, 0.4) is 0 Å². The highest BCUT2D eigenvalue weighted by Crippen LogP contribution is 2.23. The van der Waals surface area contributed by atoms with Crippen molar-refractivity contribution in [2.45, 2.75) is 25.2 Å². The molecule has 0 bridgehead atoms. The van der Waals surface area contributed by atoms with Crippen molar-refractivity contribution in [1.29, 1.82) is 0 Å². The van der Waals surface area contributed by atoms with Crippen molar-refractivity contribution < 1.29 is 8.42 Å². The molecule has 0 saturated carbocycles. The van der Waals surface area contributed by atoms with Crippen molar-refractivity contribution in [1.82, 2.24) is 9.62 Å². The zero-order valence-electron chi connectivity index (χ0n) is 13.0. The smallest absolute Gasteiger partial charge is 0.242 e. The first-order valence-electron chi connectivity index (χ1n) is 7.23. The van der Waals surface area contributed by atoms with Crippen LogP contribution in [0.5, 0.6) is 0 Å². The summed E-state index contributed by atoms with van der Waals surface area (Å²) in [4.78, 5) is 2.50. The molecule has 0 aliphatic heterocycles. The molecule has 0 amide bonds. The maximum atomic E-state index is 12.0. The maximum absolute atomic E-state index is 12.0. The fourth-order valence-electron chi connectivity index (χ4n) is 2.11. The van der Waals surface area contributed by atoms with Crippen LogP contribution in [-0.2, 0) is 10.0 Å². The molecule has 0 unspecified atom stereocenters. The van der Waals surface area contributed by atoms with Gasteiger partial charge < -0.3 is 16.0 Å². The summed E-state index contributed by atoms with van der Waals surface area (Å²) in [7, 11) is -2.13. The number of nitrogens with one attached hydrogen (secondary N) is 2. The highest BCUT2D eigenvalue weighted by Gasteiger charge is 2.17. The Bertz CT molecular complexity index is 546. The van der Waals surface area contributed by atoms with E-state index >= 15 is 0 Å². The van der Waals surface area contributed by atoms with Crippen LogP contribution in [0.15, 0.2) is 23.1 Å². The number of likely N-dealkylation sites (N-methyl/N-ethyl adjacent to an activating group) is 1. The van der Waals surface area contributed by atoms with Crippen LogP contribution in [0.1, 0.15) is 20.3 Å². The van der Waals surface area contributed by atoms with E-state index in [0.29, 0.717) is 17.9 Å². The molecule has 120 valence electrons. The van der Waals surface area contributed by atoms with E-state index in [4.69, 9.17) is 5.73 Å². The summed E-state index contributed by atoms with van der Waals surface area (Å²) in [6.45, 7) is 7.85. The summed E-state index contributed by atoms with van der Waals surface area (Å²) < 4.78 is 26.3. The molecule has 0 aromatic heterocycles. The van der Waals surface area contributed by atoms with Crippen molar-refractivity contribution in [3.8, 4) is 0 Å². The molecule has 0 radical (unpaired) electrons. The van der Waals surface area contributed by atoms with E-state index in [1.165, 1.54) is 13.1 Å². The second-order valence-corrected chi connectivity index (χ2v) is 6.68. The molecule has 6 nitrogen and oxygen atoms in total. The molecule has 0 atom stereocenters. The summed E-state index contributed by atoms with van der Waals surface area (Å²) in [5, 5.41) is 3.19. The van der Waals surface area contributed by atoms with Crippen LogP contribution >= 0.6 is 0 Å². The van der Waals surface area contributed by atoms with Crippen LogP contribution in [-0.4, -0.2) is 46.5 Å². The first-order chi connectivity index (χ1) is 9.94. The van der Waals surface area contributed by atoms with Gasteiger partial charge in [-0.05, 0) is 44.8 Å². The fourth-order valence-corrected chi connectivity index (χ4v) is 3.05. The number of nitrogens with zero attached hydrogens (tertiary/aromatic N) is 1. The third-order valence-electron chi connectivity index (χ3n) is 3.29. The zero-order chi connectivity index (χ0) is 15.9. The molecule has 7 heteroatoms. The molecule has 0 aliphatic rings. The molecular formula is C14H26N4O2S. The van der Waals surface area contributed by atoms with Gasteiger partial charge in [-0.2, -0.15) is 0 Å². The minimum Gasteiger partial charge on any atom is -0.399 e. The van der Waals surface area contributed by atoms with Gasteiger partial charge in [0.05, 0.1) is 5.69 Å². The van der Waals surface area contributed by atoms with Crippen LogP contribution in [0.25, 0.3) is 0 Å². The predicted molar refractivity (Wildman–Crippen MR) is 88.0 cm³/mol. The van der Waals surface area contributed by atoms with E-state index in [1.54, 1.807) is 12.1 Å². The third kappa shape index (κ3) is 5.18. The monoisotopic (exact) mass is 314 g/mol. The van der Waals surface area contributed by atoms with E-state index in [0.717, 1.165) is 26.1 Å². The Hall–Kier alpha value is -1.31. The van der Waals surface area contributed by atoms with Crippen LogP contribution in [0.4, 0.5) is 11.4 Å². The molecule has 1 aromatic rings. The third-order valence-corrected chi connectivity index (χ3v) is 4.75. The van der Waals surface area contributed by atoms with Gasteiger partial charge in [-0.15, -0.1) is 0 Å². The number of hydrogen-bond acceptors (Lipinski definition) is 5. The van der Waals surface area contributed by atoms with E-state index in [1.807, 2.05) is 0 Å². The van der Waals surface area contributed by atoms with Gasteiger partial charge in [0, 0.05) is 18.8 Å². The van der Waals surface area contributed by atoms with E-state index in [-0.39, 0.29) is 4.90 Å². The lowest BCUT2D eigenvalue weighted by atomic mass is 10.3. The van der Waals surface area contributed by atoms with Gasteiger partial charge in [0.1, 0.15) is 4.90 Å². The molecule has 1 aromatic carbocycles. The number of benzene rings is 1. The number of nitrogen functional groups attached to an aromatic ring is 1. The van der Waals surface area contributed by atoms with Gasteiger partial charge in [-0.25, -0.2) is 13.1 Å². The molecule has 1 rings (SSSR count). The summed E-state index contributed by atoms with van der Waals surface area (Å²) in [6.07, 6.45) is 1.11. The Balaban J connectivity index is 2.80. The van der Waals surface area contributed by atoms with Crippen molar-refractivity contribution >= 4 is 21.4 Å². The van der Waals surface area contributed by atoms with Crippen LogP contribution in [0, 0.1) is 0 Å². The van der Waals surface area contributed by atoms with Gasteiger partial charge in [0.25, 0.3) is 0 Å². The van der Waals surface area contributed by atoms with Crippen molar-refractivity contribution in [2.24, 2.45) is 0 Å². The second-order valence-electron chi connectivity index (χ2n) is 4.82. The Labute approximate surface area is 127 Å². The largest absolute Gasteiger partial charge is 0.399 e. The number of hydrogen-bond donors (Lipinski definition) is 3. The standard InChI is InChI=1S/C14H26N4O2S/c1-4-9-18(5-2)10-8-17-13-7-6-12(15)11-14(13)21(19,20)16-3/h6-7,11,16-17H,4-5,8-10,15H2,1-3H3. The first kappa shape index (κ1) is 17.7. The topological polar surface area (TPSA) is 87.5 Å². The van der Waals surface area contributed by atoms with Crippen molar-refractivity contribution in [3.63, 3.8) is 0 Å². The molecule has 21 heavy (non-hydrogen) atoms. The predicted octanol–water partition coefficient (Wildman–Crippen LogP) is 1.32. The lowest BCUT2D eigenvalue weighted by Crippen LogP contribution is -2.30. The number of sulfonamides is 1. The van der Waals surface area contributed by atoms with E-state index in [2.05, 4.69) is 28.8 Å². The van der Waals surface area contributed by atoms with Gasteiger partial charge >= 0.3 is 0 Å². The van der Waals surface area contributed by atoms with E-state index < -0.39 is 10.0 Å². The summed E-state index contributed by atoms with van der Waals surface area (Å²) >= 11 is 0. The Morgan fingerprint density at radius 3 is 2.52 bits per heavy atom. The Morgan fingerprint density at radius 1 is 1.24 bits per heavy atom. The lowest BCUT2D eigenvalue weighted by molar-refractivity contribution is 0.300. The number of rotatable bonds is 9. The normalized spacial score (nSPS) is 11.8. The second kappa shape index (κ2) is 8.21. The fraction of sp³-hybridized carbons (Fsp3) is 0.571. The average Bonchev–Trinajstić information content (AvgIpc) is 2.47. The summed E-state index contributed by atoms with van der Waals surface area (Å²) in [5.41, 5.74) is 6.69. The molecule has 0 spiro atoms. The summed E-state index contributed by atoms with van der Waals surface area (Å²) in [5.74, 6) is 0. The van der Waals surface area contributed by atoms with Crippen LogP contribution in [0.2, 0.25) is 0 Å². The molecular weight excluding hydrogens is 288 g/mol. The number of anilines is 2. The van der Waals surface area contributed by atoms with Gasteiger partial charge in [0.15, 0.2) is 0 Å². The Kier molecular flexibility index (Phi) is 6.94. The first-order valence-corrected chi connectivity index (χ1v) is 8.72. The molecule has 4 N–H and O–H groups in total. The van der Waals surface area contributed by atoms with Crippen molar-refractivity contribution in [3.05, 3.63) is 18.2 Å². The minimum atomic E-state index is -3.52. The van der Waals surface area contributed by atoms with Gasteiger partial charge in [-0.3, -0.25) is 0 Å².